The van der Waals surface area contributed by atoms with Gasteiger partial charge in [0.05, 0.1) is 0 Å². The fourth-order valence-electron chi connectivity index (χ4n) is 2.04. The second-order valence-corrected chi connectivity index (χ2v) is 4.03. The quantitative estimate of drug-likeness (QED) is 0.693. The second kappa shape index (κ2) is 3.82. The van der Waals surface area contributed by atoms with E-state index in [0.29, 0.717) is 12.3 Å². The molecule has 0 saturated carbocycles. The first kappa shape index (κ1) is 9.25. The van der Waals surface area contributed by atoms with Gasteiger partial charge < -0.3 is 4.90 Å². The van der Waals surface area contributed by atoms with Crippen molar-refractivity contribution in [1.29, 1.82) is 0 Å². The minimum absolute atomic E-state index is 0.283. The number of carbonyl (C=O) groups excluding carboxylic acids is 1. The molecule has 1 aromatic rings. The molecule has 0 bridgehead atoms. The van der Waals surface area contributed by atoms with E-state index in [2.05, 4.69) is 24.3 Å². The minimum Gasteiger partial charge on any atom is -0.345 e. The highest BCUT2D eigenvalue weighted by molar-refractivity contribution is 5.78. The van der Waals surface area contributed by atoms with Crippen LogP contribution in [-0.2, 0) is 11.2 Å². The lowest BCUT2D eigenvalue weighted by Crippen LogP contribution is -2.19. The van der Waals surface area contributed by atoms with Gasteiger partial charge >= 0.3 is 0 Å². The van der Waals surface area contributed by atoms with Crippen LogP contribution in [0.1, 0.15) is 12.0 Å². The zero-order valence-corrected chi connectivity index (χ0v) is 8.44. The Hall–Kier alpha value is -1.31. The Morgan fingerprint density at radius 1 is 1.36 bits per heavy atom. The van der Waals surface area contributed by atoms with Crippen LogP contribution in [0, 0.1) is 5.92 Å². The summed E-state index contributed by atoms with van der Waals surface area (Å²) in [4.78, 5) is 13.1. The first-order valence-corrected chi connectivity index (χ1v) is 5.03. The van der Waals surface area contributed by atoms with Crippen molar-refractivity contribution in [3.05, 3.63) is 35.9 Å². The van der Waals surface area contributed by atoms with Gasteiger partial charge in [0.25, 0.3) is 0 Å². The standard InChI is InChI=1S/C12H15NO/c1-13-9-11(8-12(13)14)7-10-5-3-2-4-6-10/h2-6,11H,7-9H2,1H3/t11-/m1/s1. The molecule has 74 valence electrons. The molecule has 2 heteroatoms. The average molecular weight is 189 g/mol. The molecule has 1 heterocycles. The number of hydrogen-bond acceptors (Lipinski definition) is 1. The van der Waals surface area contributed by atoms with Crippen LogP contribution in [0.4, 0.5) is 0 Å². The van der Waals surface area contributed by atoms with Gasteiger partial charge in [-0.15, -0.1) is 0 Å². The number of hydrogen-bond donors (Lipinski definition) is 0. The van der Waals surface area contributed by atoms with Crippen molar-refractivity contribution in [1.82, 2.24) is 4.90 Å². The zero-order valence-electron chi connectivity index (χ0n) is 8.44. The molecule has 0 unspecified atom stereocenters. The van der Waals surface area contributed by atoms with Crippen LogP contribution in [-0.4, -0.2) is 24.4 Å². The first-order valence-electron chi connectivity index (χ1n) is 5.03. The zero-order chi connectivity index (χ0) is 9.97. The number of likely N-dealkylation sites (tertiary alicyclic amines) is 1. The second-order valence-electron chi connectivity index (χ2n) is 4.03. The van der Waals surface area contributed by atoms with E-state index in [0.717, 1.165) is 13.0 Å². The largest absolute Gasteiger partial charge is 0.345 e. The molecule has 1 aromatic carbocycles. The van der Waals surface area contributed by atoms with Gasteiger partial charge in [0, 0.05) is 20.0 Å². The summed E-state index contributed by atoms with van der Waals surface area (Å²) in [7, 11) is 1.88. The molecule has 1 fully saturated rings. The van der Waals surface area contributed by atoms with Crippen LogP contribution in [0.5, 0.6) is 0 Å². The van der Waals surface area contributed by atoms with E-state index in [4.69, 9.17) is 0 Å². The van der Waals surface area contributed by atoms with E-state index in [1.165, 1.54) is 5.56 Å². The molecule has 0 spiro atoms. The van der Waals surface area contributed by atoms with Crippen LogP contribution in [0.3, 0.4) is 0 Å². The summed E-state index contributed by atoms with van der Waals surface area (Å²) >= 11 is 0. The van der Waals surface area contributed by atoms with Crippen molar-refractivity contribution in [2.24, 2.45) is 5.92 Å². The fraction of sp³-hybridized carbons (Fsp3) is 0.417. The van der Waals surface area contributed by atoms with Crippen LogP contribution >= 0.6 is 0 Å². The third kappa shape index (κ3) is 1.95. The molecule has 2 nitrogen and oxygen atoms in total. The maximum atomic E-state index is 11.3. The van der Waals surface area contributed by atoms with E-state index in [-0.39, 0.29) is 5.91 Å². The predicted molar refractivity (Wildman–Crippen MR) is 55.9 cm³/mol. The van der Waals surface area contributed by atoms with Crippen molar-refractivity contribution in [3.63, 3.8) is 0 Å². The molecule has 1 saturated heterocycles. The monoisotopic (exact) mass is 189 g/mol. The highest BCUT2D eigenvalue weighted by Crippen LogP contribution is 2.20. The van der Waals surface area contributed by atoms with Gasteiger partial charge in [-0.1, -0.05) is 30.3 Å². The predicted octanol–water partition coefficient (Wildman–Crippen LogP) is 1.71. The van der Waals surface area contributed by atoms with Crippen LogP contribution < -0.4 is 0 Å². The van der Waals surface area contributed by atoms with Gasteiger partial charge in [0.15, 0.2) is 0 Å². The van der Waals surface area contributed by atoms with E-state index in [9.17, 15) is 4.79 Å². The van der Waals surface area contributed by atoms with Gasteiger partial charge in [-0.05, 0) is 17.9 Å². The van der Waals surface area contributed by atoms with E-state index < -0.39 is 0 Å². The maximum Gasteiger partial charge on any atom is 0.222 e. The Kier molecular flexibility index (Phi) is 2.53. The van der Waals surface area contributed by atoms with E-state index >= 15 is 0 Å². The summed E-state index contributed by atoms with van der Waals surface area (Å²) in [5.41, 5.74) is 1.33. The first-order chi connectivity index (χ1) is 6.75. The smallest absolute Gasteiger partial charge is 0.222 e. The number of benzene rings is 1. The molecular weight excluding hydrogens is 174 g/mol. The number of carbonyl (C=O) groups is 1. The fourth-order valence-corrected chi connectivity index (χ4v) is 2.04. The number of amides is 1. The van der Waals surface area contributed by atoms with Crippen LogP contribution in [0.2, 0.25) is 0 Å². The van der Waals surface area contributed by atoms with Gasteiger partial charge in [0.2, 0.25) is 5.91 Å². The Bertz CT molecular complexity index is 320. The minimum atomic E-state index is 0.283. The molecule has 1 aliphatic heterocycles. The summed E-state index contributed by atoms with van der Waals surface area (Å²) < 4.78 is 0. The summed E-state index contributed by atoms with van der Waals surface area (Å²) in [6.07, 6.45) is 1.74. The summed E-state index contributed by atoms with van der Waals surface area (Å²) in [5, 5.41) is 0. The molecule has 1 amide bonds. The molecule has 1 aliphatic rings. The van der Waals surface area contributed by atoms with Gasteiger partial charge in [0.1, 0.15) is 0 Å². The van der Waals surface area contributed by atoms with E-state index in [1.807, 2.05) is 18.0 Å². The highest BCUT2D eigenvalue weighted by atomic mass is 16.2. The topological polar surface area (TPSA) is 20.3 Å². The van der Waals surface area contributed by atoms with Crippen LogP contribution in [0.25, 0.3) is 0 Å². The summed E-state index contributed by atoms with van der Waals surface area (Å²) in [6.45, 7) is 0.910. The van der Waals surface area contributed by atoms with Crippen LogP contribution in [0.15, 0.2) is 30.3 Å². The number of rotatable bonds is 2. The van der Waals surface area contributed by atoms with Gasteiger partial charge in [-0.25, -0.2) is 0 Å². The molecular formula is C12H15NO. The summed E-state index contributed by atoms with van der Waals surface area (Å²) in [6, 6.07) is 10.4. The Morgan fingerprint density at radius 2 is 2.07 bits per heavy atom. The maximum absolute atomic E-state index is 11.3. The SMILES string of the molecule is CN1C[C@H](Cc2ccccc2)CC1=O. The lowest BCUT2D eigenvalue weighted by molar-refractivity contribution is -0.126. The van der Waals surface area contributed by atoms with Crippen molar-refractivity contribution in [2.75, 3.05) is 13.6 Å². The Balaban J connectivity index is 1.97. The molecule has 0 aliphatic carbocycles. The van der Waals surface area contributed by atoms with Crippen molar-refractivity contribution < 1.29 is 4.79 Å². The molecule has 2 rings (SSSR count). The molecule has 0 aromatic heterocycles. The van der Waals surface area contributed by atoms with Crippen molar-refractivity contribution in [3.8, 4) is 0 Å². The third-order valence-corrected chi connectivity index (χ3v) is 2.79. The lowest BCUT2D eigenvalue weighted by atomic mass is 9.99. The molecule has 0 radical (unpaired) electrons. The Morgan fingerprint density at radius 3 is 2.64 bits per heavy atom. The van der Waals surface area contributed by atoms with Gasteiger partial charge in [-0.2, -0.15) is 0 Å². The Labute approximate surface area is 84.5 Å². The van der Waals surface area contributed by atoms with Crippen molar-refractivity contribution >= 4 is 5.91 Å². The van der Waals surface area contributed by atoms with Gasteiger partial charge in [-0.3, -0.25) is 4.79 Å². The average Bonchev–Trinajstić information content (AvgIpc) is 2.47. The summed E-state index contributed by atoms with van der Waals surface area (Å²) in [5.74, 6) is 0.792. The molecule has 0 N–H and O–H groups in total. The lowest BCUT2D eigenvalue weighted by Gasteiger charge is -2.09. The molecule has 1 atom stereocenters. The molecule has 14 heavy (non-hydrogen) atoms. The third-order valence-electron chi connectivity index (χ3n) is 2.79. The number of nitrogens with zero attached hydrogens (tertiary/aromatic N) is 1. The highest BCUT2D eigenvalue weighted by Gasteiger charge is 2.26. The van der Waals surface area contributed by atoms with Crippen molar-refractivity contribution in [2.45, 2.75) is 12.8 Å². The normalized spacial score (nSPS) is 21.6. The van der Waals surface area contributed by atoms with E-state index in [1.54, 1.807) is 0 Å².